The highest BCUT2D eigenvalue weighted by Gasteiger charge is 2.29. The van der Waals surface area contributed by atoms with E-state index in [9.17, 15) is 28.8 Å². The SMILES string of the molecule is Cc1cccc2c(CCN(CC(=O)N(CCCN=C(N)N)CC(=O)N[C@H](CCCN=C(N)N)C(N)=O)C(=O)CN(CCCN=C(N)N)C(=O)CN(CCCN=C(N)N)C(=O)CNCCCCCCN)c[nH]c12. The summed E-state index contributed by atoms with van der Waals surface area (Å²) >= 11 is 0. The third kappa shape index (κ3) is 24.9. The molecule has 0 spiro atoms. The van der Waals surface area contributed by atoms with Crippen molar-refractivity contribution in [1.82, 2.24) is 35.2 Å². The molecule has 0 saturated heterocycles. The number of aromatic nitrogens is 1. The molecule has 0 aliphatic carbocycles. The maximum absolute atomic E-state index is 14.7. The Morgan fingerprint density at radius 3 is 1.56 bits per heavy atom. The minimum atomic E-state index is -1.10. The van der Waals surface area contributed by atoms with Crippen LogP contribution in [0, 0.1) is 6.92 Å². The highest BCUT2D eigenvalue weighted by molar-refractivity contribution is 5.93. The van der Waals surface area contributed by atoms with E-state index in [1.165, 1.54) is 19.6 Å². The Morgan fingerprint density at radius 1 is 0.583 bits per heavy atom. The number of carbonyl (C=O) groups is 6. The van der Waals surface area contributed by atoms with E-state index < -0.39 is 55.2 Å². The molecule has 1 heterocycles. The van der Waals surface area contributed by atoms with E-state index in [1.54, 1.807) is 0 Å². The molecule has 0 aliphatic rings. The first-order valence-corrected chi connectivity index (χ1v) is 24.2. The highest BCUT2D eigenvalue weighted by atomic mass is 16.2. The lowest BCUT2D eigenvalue weighted by atomic mass is 10.1. The molecule has 0 saturated carbocycles. The van der Waals surface area contributed by atoms with Gasteiger partial charge >= 0.3 is 0 Å². The van der Waals surface area contributed by atoms with Gasteiger partial charge in [-0.05, 0) is 82.5 Å². The van der Waals surface area contributed by atoms with Crippen molar-refractivity contribution in [3.05, 3.63) is 35.5 Å². The number of nitrogens with one attached hydrogen (secondary N) is 3. The quantitative estimate of drug-likeness (QED) is 0.0172. The zero-order valence-corrected chi connectivity index (χ0v) is 41.9. The van der Waals surface area contributed by atoms with Gasteiger partial charge in [-0.3, -0.25) is 48.7 Å². The molecular formula is C45H81N21O6. The Balaban J connectivity index is 2.51. The van der Waals surface area contributed by atoms with E-state index in [0.29, 0.717) is 32.4 Å². The van der Waals surface area contributed by atoms with Gasteiger partial charge < -0.3 is 92.6 Å². The van der Waals surface area contributed by atoms with Gasteiger partial charge in [0.25, 0.3) is 0 Å². The molecule has 0 aliphatic heterocycles. The first kappa shape index (κ1) is 60.7. The van der Waals surface area contributed by atoms with E-state index in [2.05, 4.69) is 35.6 Å². The third-order valence-corrected chi connectivity index (χ3v) is 11.2. The van der Waals surface area contributed by atoms with E-state index in [-0.39, 0.29) is 114 Å². The molecule has 0 fully saturated rings. The van der Waals surface area contributed by atoms with E-state index in [1.807, 2.05) is 31.3 Å². The van der Waals surface area contributed by atoms with Gasteiger partial charge in [0, 0.05) is 69.5 Å². The van der Waals surface area contributed by atoms with Crippen molar-refractivity contribution in [3.63, 3.8) is 0 Å². The smallest absolute Gasteiger partial charge is 0.242 e. The van der Waals surface area contributed by atoms with Crippen molar-refractivity contribution >= 4 is 70.2 Å². The number of H-pyrrole nitrogens is 1. The van der Waals surface area contributed by atoms with Crippen LogP contribution in [0.1, 0.15) is 68.9 Å². The molecule has 27 heteroatoms. The maximum Gasteiger partial charge on any atom is 0.242 e. The molecular weight excluding hydrogens is 931 g/mol. The average molecular weight is 1010 g/mol. The highest BCUT2D eigenvalue weighted by Crippen LogP contribution is 2.22. The first-order chi connectivity index (χ1) is 34.3. The van der Waals surface area contributed by atoms with Crippen molar-refractivity contribution in [3.8, 4) is 0 Å². The van der Waals surface area contributed by atoms with E-state index in [0.717, 1.165) is 47.7 Å². The lowest BCUT2D eigenvalue weighted by molar-refractivity contribution is -0.146. The summed E-state index contributed by atoms with van der Waals surface area (Å²) < 4.78 is 0. The number of fused-ring (bicyclic) bond motifs is 1. The first-order valence-electron chi connectivity index (χ1n) is 24.2. The normalized spacial score (nSPS) is 11.2. The van der Waals surface area contributed by atoms with Crippen molar-refractivity contribution < 1.29 is 28.8 Å². The summed E-state index contributed by atoms with van der Waals surface area (Å²) in [6.45, 7) is 1.95. The summed E-state index contributed by atoms with van der Waals surface area (Å²) in [5.74, 6) is -4.21. The molecule has 1 aromatic heterocycles. The lowest BCUT2D eigenvalue weighted by Crippen LogP contribution is -2.52. The van der Waals surface area contributed by atoms with Crippen molar-refractivity contribution in [2.45, 2.75) is 77.2 Å². The van der Waals surface area contributed by atoms with Crippen LogP contribution < -0.4 is 68.0 Å². The summed E-state index contributed by atoms with van der Waals surface area (Å²) in [5, 5.41) is 6.67. The largest absolute Gasteiger partial charge is 0.370 e. The van der Waals surface area contributed by atoms with Gasteiger partial charge in [-0.25, -0.2) is 0 Å². The third-order valence-electron chi connectivity index (χ3n) is 11.2. The number of aryl methyl sites for hydroxylation is 1. The standard InChI is InChI=1S/C45H81N21O6/c1-31-11-6-12-33-32(25-61-40(31)33)14-24-66(30-37(69)63(21-8-18-58-43(50)51)27-35(67)62-34(41(47)72)13-7-17-57-42(48)49)39(71)29-65(23-10-20-60-45(54)55)38(70)28-64(22-9-19-59-44(52)53)36(68)26-56-16-5-3-2-4-15-46/h6,11-12,25,34,56,61H,2-5,7-10,13-24,26-30,46H2,1H3,(H2,47,72)(H,62,67)(H4,48,49,57)(H4,50,51,58)(H4,52,53,59)(H4,54,55,60)/t34-/m1/s1. The fraction of sp³-hybridized carbons (Fsp3) is 0.600. The number of unbranched alkanes of at least 4 members (excludes halogenated alkanes) is 3. The number of guanidine groups is 4. The van der Waals surface area contributed by atoms with Crippen LogP contribution in [0.2, 0.25) is 0 Å². The van der Waals surface area contributed by atoms with Gasteiger partial charge in [0.2, 0.25) is 35.4 Å². The van der Waals surface area contributed by atoms with Crippen LogP contribution in [0.15, 0.2) is 44.4 Å². The number of aliphatic imine (C=N–C) groups is 4. The van der Waals surface area contributed by atoms with Crippen LogP contribution in [-0.2, 0) is 35.2 Å². The van der Waals surface area contributed by atoms with Crippen LogP contribution in [0.4, 0.5) is 0 Å². The van der Waals surface area contributed by atoms with Gasteiger partial charge in [0.15, 0.2) is 23.8 Å². The summed E-state index contributed by atoms with van der Waals surface area (Å²) in [6, 6.07) is 4.73. The van der Waals surface area contributed by atoms with Crippen LogP contribution >= 0.6 is 0 Å². The summed E-state index contributed by atoms with van der Waals surface area (Å²) in [4.78, 5) is 107. The van der Waals surface area contributed by atoms with E-state index >= 15 is 0 Å². The minimum Gasteiger partial charge on any atom is -0.370 e. The second-order valence-corrected chi connectivity index (χ2v) is 17.2. The van der Waals surface area contributed by atoms with Crippen molar-refractivity contribution in [1.29, 1.82) is 0 Å². The molecule has 6 amide bonds. The lowest BCUT2D eigenvalue weighted by Gasteiger charge is -2.31. The Morgan fingerprint density at radius 2 is 1.06 bits per heavy atom. The maximum atomic E-state index is 14.7. The molecule has 2 aromatic rings. The molecule has 23 N–H and O–H groups in total. The number of nitrogens with zero attached hydrogens (tertiary/aromatic N) is 8. The number of hydrogen-bond acceptors (Lipinski definition) is 12. The van der Waals surface area contributed by atoms with Crippen molar-refractivity contribution in [2.24, 2.45) is 77.3 Å². The molecule has 0 unspecified atom stereocenters. The van der Waals surface area contributed by atoms with Crippen LogP contribution in [0.25, 0.3) is 10.9 Å². The number of rotatable bonds is 37. The molecule has 0 bridgehead atoms. The van der Waals surface area contributed by atoms with Gasteiger partial charge in [0.05, 0.1) is 32.7 Å². The van der Waals surface area contributed by atoms with Crippen LogP contribution in [0.5, 0.6) is 0 Å². The Labute approximate surface area is 421 Å². The molecule has 72 heavy (non-hydrogen) atoms. The van der Waals surface area contributed by atoms with Crippen LogP contribution in [0.3, 0.4) is 0 Å². The van der Waals surface area contributed by atoms with Crippen LogP contribution in [-0.4, -0.2) is 188 Å². The molecule has 0 radical (unpaired) electrons. The summed E-state index contributed by atoms with van der Waals surface area (Å²) in [5.41, 5.74) is 58.1. The predicted molar refractivity (Wildman–Crippen MR) is 280 cm³/mol. The van der Waals surface area contributed by atoms with Gasteiger partial charge in [-0.1, -0.05) is 31.0 Å². The molecule has 1 aromatic carbocycles. The number of hydrogen-bond donors (Lipinski definition) is 13. The molecule has 27 nitrogen and oxygen atoms in total. The number of aromatic amines is 1. The zero-order valence-electron chi connectivity index (χ0n) is 41.9. The predicted octanol–water partition coefficient (Wildman–Crippen LogP) is -4.54. The number of nitrogens with two attached hydrogens (primary N) is 10. The fourth-order valence-electron chi connectivity index (χ4n) is 7.45. The number of benzene rings is 1. The Bertz CT molecular complexity index is 2140. The fourth-order valence-corrected chi connectivity index (χ4v) is 7.45. The van der Waals surface area contributed by atoms with Crippen molar-refractivity contribution in [2.75, 3.05) is 98.2 Å². The second kappa shape index (κ2) is 34.0. The topological polar surface area (TPSA) is 465 Å². The van der Waals surface area contributed by atoms with Gasteiger partial charge in [-0.15, -0.1) is 0 Å². The average Bonchev–Trinajstić information content (AvgIpc) is 3.74. The number of amides is 6. The van der Waals surface area contributed by atoms with E-state index in [4.69, 9.17) is 57.3 Å². The number of primary amides is 1. The number of carbonyl (C=O) groups excluding carboxylic acids is 6. The minimum absolute atomic E-state index is 0.00597. The second-order valence-electron chi connectivity index (χ2n) is 17.2. The summed E-state index contributed by atoms with van der Waals surface area (Å²) in [7, 11) is 0. The zero-order chi connectivity index (χ0) is 53.4. The molecule has 402 valence electrons. The summed E-state index contributed by atoms with van der Waals surface area (Å²) in [6.07, 6.45) is 7.04. The Hall–Kier alpha value is -7.42. The van der Waals surface area contributed by atoms with Gasteiger partial charge in [0.1, 0.15) is 6.04 Å². The monoisotopic (exact) mass is 1010 g/mol. The Kier molecular flexibility index (Phi) is 28.7. The molecule has 2 rings (SSSR count). The number of para-hydroxylation sites is 1. The van der Waals surface area contributed by atoms with Gasteiger partial charge in [-0.2, -0.15) is 0 Å². The molecule has 1 atom stereocenters.